The molecule has 2 aromatic carbocycles. The zero-order valence-corrected chi connectivity index (χ0v) is 18.4. The molecule has 32 heavy (non-hydrogen) atoms. The van der Waals surface area contributed by atoms with Gasteiger partial charge in [-0.25, -0.2) is 9.18 Å². The average Bonchev–Trinajstić information content (AvgIpc) is 3.35. The van der Waals surface area contributed by atoms with Crippen LogP contribution in [0.15, 0.2) is 54.6 Å². The van der Waals surface area contributed by atoms with Gasteiger partial charge in [0.2, 0.25) is 5.91 Å². The van der Waals surface area contributed by atoms with Gasteiger partial charge in [0.1, 0.15) is 17.9 Å². The number of hydrogen-bond acceptors (Lipinski definition) is 3. The van der Waals surface area contributed by atoms with E-state index in [9.17, 15) is 18.8 Å². The van der Waals surface area contributed by atoms with E-state index in [1.54, 1.807) is 6.92 Å². The second kappa shape index (κ2) is 8.73. The SMILES string of the molecule is CC[C@H](c1ccccc1)[C@H]1CCCN1C(=O)CN1C(=O)N[C@](C)(c2ccc(F)cc2)C1=O. The van der Waals surface area contributed by atoms with Crippen LogP contribution in [0.5, 0.6) is 0 Å². The highest BCUT2D eigenvalue weighted by molar-refractivity contribution is 6.09. The van der Waals surface area contributed by atoms with Crippen LogP contribution in [0, 0.1) is 5.82 Å². The lowest BCUT2D eigenvalue weighted by Crippen LogP contribution is -2.47. The summed E-state index contributed by atoms with van der Waals surface area (Å²) in [5, 5.41) is 2.68. The second-order valence-electron chi connectivity index (χ2n) is 8.68. The number of hydrogen-bond donors (Lipinski definition) is 1. The number of nitrogens with zero attached hydrogens (tertiary/aromatic N) is 2. The van der Waals surface area contributed by atoms with Crippen molar-refractivity contribution in [1.29, 1.82) is 0 Å². The summed E-state index contributed by atoms with van der Waals surface area (Å²) in [6.07, 6.45) is 2.68. The normalized spacial score (nSPS) is 24.0. The van der Waals surface area contributed by atoms with Crippen molar-refractivity contribution in [3.05, 3.63) is 71.5 Å². The molecule has 2 aromatic rings. The zero-order chi connectivity index (χ0) is 22.9. The molecule has 3 atom stereocenters. The van der Waals surface area contributed by atoms with E-state index in [-0.39, 0.29) is 24.4 Å². The molecule has 4 rings (SSSR count). The summed E-state index contributed by atoms with van der Waals surface area (Å²) in [6, 6.07) is 15.0. The molecule has 6 nitrogen and oxygen atoms in total. The number of carbonyl (C=O) groups is 3. The van der Waals surface area contributed by atoms with Crippen LogP contribution in [-0.2, 0) is 15.1 Å². The lowest BCUT2D eigenvalue weighted by Gasteiger charge is -2.32. The van der Waals surface area contributed by atoms with Crippen LogP contribution in [0.25, 0.3) is 0 Å². The first-order valence-corrected chi connectivity index (χ1v) is 11.1. The summed E-state index contributed by atoms with van der Waals surface area (Å²) in [6.45, 7) is 4.01. The topological polar surface area (TPSA) is 69.7 Å². The number of amides is 4. The lowest BCUT2D eigenvalue weighted by molar-refractivity contribution is -0.139. The highest BCUT2D eigenvalue weighted by atomic mass is 19.1. The summed E-state index contributed by atoms with van der Waals surface area (Å²) in [5.41, 5.74) is 0.339. The third-order valence-corrected chi connectivity index (χ3v) is 6.74. The maximum absolute atomic E-state index is 13.3. The monoisotopic (exact) mass is 437 g/mol. The minimum Gasteiger partial charge on any atom is -0.338 e. The summed E-state index contributed by atoms with van der Waals surface area (Å²) >= 11 is 0. The summed E-state index contributed by atoms with van der Waals surface area (Å²) in [4.78, 5) is 41.8. The van der Waals surface area contributed by atoms with Crippen molar-refractivity contribution >= 4 is 17.8 Å². The van der Waals surface area contributed by atoms with Gasteiger partial charge < -0.3 is 10.2 Å². The molecule has 2 fully saturated rings. The van der Waals surface area contributed by atoms with Crippen molar-refractivity contribution in [2.75, 3.05) is 13.1 Å². The molecule has 0 aromatic heterocycles. The fourth-order valence-electron chi connectivity index (χ4n) is 5.00. The number of imide groups is 1. The van der Waals surface area contributed by atoms with E-state index < -0.39 is 23.3 Å². The van der Waals surface area contributed by atoms with Gasteiger partial charge in [0.05, 0.1) is 0 Å². The van der Waals surface area contributed by atoms with E-state index in [0.717, 1.165) is 24.2 Å². The van der Waals surface area contributed by atoms with Crippen molar-refractivity contribution in [2.45, 2.75) is 50.6 Å². The van der Waals surface area contributed by atoms with Crippen LogP contribution in [0.1, 0.15) is 50.2 Å². The minimum absolute atomic E-state index is 0.0409. The van der Waals surface area contributed by atoms with E-state index >= 15 is 0 Å². The van der Waals surface area contributed by atoms with E-state index in [0.29, 0.717) is 12.1 Å². The number of halogens is 1. The second-order valence-corrected chi connectivity index (χ2v) is 8.68. The van der Waals surface area contributed by atoms with Crippen LogP contribution in [0.4, 0.5) is 9.18 Å². The molecule has 0 unspecified atom stereocenters. The molecule has 0 saturated carbocycles. The third kappa shape index (κ3) is 3.87. The molecule has 2 heterocycles. The molecule has 0 radical (unpaired) electrons. The Morgan fingerprint density at radius 2 is 1.84 bits per heavy atom. The molecule has 1 N–H and O–H groups in total. The van der Waals surface area contributed by atoms with Gasteiger partial charge in [0.15, 0.2) is 0 Å². The Kier molecular flexibility index (Phi) is 6.00. The molecule has 4 amide bonds. The first-order chi connectivity index (χ1) is 15.3. The van der Waals surface area contributed by atoms with E-state index in [2.05, 4.69) is 24.4 Å². The first-order valence-electron chi connectivity index (χ1n) is 11.1. The van der Waals surface area contributed by atoms with Gasteiger partial charge in [-0.3, -0.25) is 14.5 Å². The predicted octanol–water partition coefficient (Wildman–Crippen LogP) is 3.78. The maximum atomic E-state index is 13.3. The van der Waals surface area contributed by atoms with Crippen LogP contribution >= 0.6 is 0 Å². The molecule has 0 aliphatic carbocycles. The number of urea groups is 1. The smallest absolute Gasteiger partial charge is 0.325 e. The van der Waals surface area contributed by atoms with Crippen LogP contribution in [0.2, 0.25) is 0 Å². The summed E-state index contributed by atoms with van der Waals surface area (Å²) in [7, 11) is 0. The van der Waals surface area contributed by atoms with Gasteiger partial charge in [0, 0.05) is 18.5 Å². The van der Waals surface area contributed by atoms with Crippen molar-refractivity contribution in [2.24, 2.45) is 0 Å². The van der Waals surface area contributed by atoms with Crippen molar-refractivity contribution in [3.63, 3.8) is 0 Å². The summed E-state index contributed by atoms with van der Waals surface area (Å²) < 4.78 is 13.3. The van der Waals surface area contributed by atoms with Gasteiger partial charge >= 0.3 is 6.03 Å². The Morgan fingerprint density at radius 1 is 1.16 bits per heavy atom. The molecular formula is C25H28FN3O3. The van der Waals surface area contributed by atoms with Gasteiger partial charge in [-0.05, 0) is 49.4 Å². The Hall–Kier alpha value is -3.22. The standard InChI is InChI=1S/C25H28FN3O3/c1-3-20(17-8-5-4-6-9-17)21-10-7-15-28(21)22(30)16-29-23(31)25(2,27-24(29)32)18-11-13-19(26)14-12-18/h4-6,8-9,11-14,20-21H,3,7,10,15-16H2,1-2H3,(H,27,32)/t20-,21-,25-/m1/s1. The number of likely N-dealkylation sites (tertiary alicyclic amines) is 1. The Bertz CT molecular complexity index is 1010. The van der Waals surface area contributed by atoms with Gasteiger partial charge in [-0.2, -0.15) is 0 Å². The predicted molar refractivity (Wildman–Crippen MR) is 118 cm³/mol. The zero-order valence-electron chi connectivity index (χ0n) is 18.4. The Labute approximate surface area is 187 Å². The van der Waals surface area contributed by atoms with E-state index in [1.165, 1.54) is 29.8 Å². The van der Waals surface area contributed by atoms with Crippen molar-refractivity contribution in [3.8, 4) is 0 Å². The van der Waals surface area contributed by atoms with Gasteiger partial charge in [0.25, 0.3) is 5.91 Å². The fourth-order valence-corrected chi connectivity index (χ4v) is 5.00. The molecule has 2 aliphatic heterocycles. The molecule has 7 heteroatoms. The molecule has 2 saturated heterocycles. The fraction of sp³-hybridized carbons (Fsp3) is 0.400. The van der Waals surface area contributed by atoms with E-state index in [1.807, 2.05) is 23.1 Å². The molecule has 2 aliphatic rings. The van der Waals surface area contributed by atoms with Crippen molar-refractivity contribution < 1.29 is 18.8 Å². The average molecular weight is 438 g/mol. The largest absolute Gasteiger partial charge is 0.338 e. The number of benzene rings is 2. The minimum atomic E-state index is -1.33. The summed E-state index contributed by atoms with van der Waals surface area (Å²) in [5.74, 6) is -0.956. The Balaban J connectivity index is 1.51. The highest BCUT2D eigenvalue weighted by Gasteiger charge is 2.50. The molecule has 0 spiro atoms. The number of nitrogens with one attached hydrogen (secondary N) is 1. The Morgan fingerprint density at radius 3 is 2.50 bits per heavy atom. The highest BCUT2D eigenvalue weighted by Crippen LogP contribution is 2.34. The van der Waals surface area contributed by atoms with Gasteiger partial charge in [-0.1, -0.05) is 49.4 Å². The van der Waals surface area contributed by atoms with Crippen molar-refractivity contribution in [1.82, 2.24) is 15.1 Å². The third-order valence-electron chi connectivity index (χ3n) is 6.74. The number of rotatable bonds is 6. The first kappa shape index (κ1) is 22.0. The van der Waals surface area contributed by atoms with Crippen LogP contribution < -0.4 is 5.32 Å². The number of carbonyl (C=O) groups excluding carboxylic acids is 3. The van der Waals surface area contributed by atoms with Crippen LogP contribution in [-0.4, -0.2) is 46.8 Å². The molecule has 0 bridgehead atoms. The van der Waals surface area contributed by atoms with Gasteiger partial charge in [-0.15, -0.1) is 0 Å². The molecular weight excluding hydrogens is 409 g/mol. The van der Waals surface area contributed by atoms with Crippen LogP contribution in [0.3, 0.4) is 0 Å². The lowest BCUT2D eigenvalue weighted by atomic mass is 9.87. The maximum Gasteiger partial charge on any atom is 0.325 e. The molecule has 168 valence electrons. The van der Waals surface area contributed by atoms with E-state index in [4.69, 9.17) is 0 Å². The quantitative estimate of drug-likeness (QED) is 0.700.